The summed E-state index contributed by atoms with van der Waals surface area (Å²) in [6.07, 6.45) is 0. The fourth-order valence-corrected chi connectivity index (χ4v) is 2.03. The quantitative estimate of drug-likeness (QED) is 0.793. The summed E-state index contributed by atoms with van der Waals surface area (Å²) in [5.41, 5.74) is 6.62. The monoisotopic (exact) mass is 301 g/mol. The van der Waals surface area contributed by atoms with Crippen LogP contribution in [0.5, 0.6) is 0 Å². The van der Waals surface area contributed by atoms with Gasteiger partial charge in [-0.05, 0) is 23.8 Å². The number of carbonyl (C=O) groups is 2. The zero-order valence-corrected chi connectivity index (χ0v) is 12.0. The van der Waals surface area contributed by atoms with Crippen LogP contribution in [0, 0.1) is 5.82 Å². The molecule has 1 atom stereocenters. The first-order valence-corrected chi connectivity index (χ1v) is 6.65. The average molecular weight is 301 g/mol. The lowest BCUT2D eigenvalue weighted by atomic mass is 10.1. The van der Waals surface area contributed by atoms with Crippen molar-refractivity contribution in [1.29, 1.82) is 0 Å². The van der Waals surface area contributed by atoms with Gasteiger partial charge in [0, 0.05) is 12.6 Å². The second kappa shape index (κ2) is 6.71. The molecule has 0 saturated heterocycles. The first kappa shape index (κ1) is 15.5. The third-order valence-corrected chi connectivity index (χ3v) is 3.01. The van der Waals surface area contributed by atoms with Crippen LogP contribution >= 0.6 is 0 Å². The Kier molecular flexibility index (Phi) is 4.73. The molecular weight excluding hydrogens is 285 g/mol. The van der Waals surface area contributed by atoms with Gasteiger partial charge in [0.15, 0.2) is 0 Å². The number of carbonyl (C=O) groups excluding carboxylic acids is 2. The van der Waals surface area contributed by atoms with Gasteiger partial charge in [0.2, 0.25) is 11.8 Å². The van der Waals surface area contributed by atoms with Crippen molar-refractivity contribution in [2.75, 3.05) is 10.6 Å². The summed E-state index contributed by atoms with van der Waals surface area (Å²) in [7, 11) is 0. The van der Waals surface area contributed by atoms with Crippen molar-refractivity contribution in [2.24, 2.45) is 5.73 Å². The molecule has 5 nitrogen and oxygen atoms in total. The van der Waals surface area contributed by atoms with Crippen LogP contribution in [0.3, 0.4) is 0 Å². The number of amides is 2. The fourth-order valence-electron chi connectivity index (χ4n) is 2.03. The van der Waals surface area contributed by atoms with Crippen molar-refractivity contribution >= 4 is 23.2 Å². The smallest absolute Gasteiger partial charge is 0.244 e. The molecule has 4 N–H and O–H groups in total. The maximum absolute atomic E-state index is 13.6. The number of anilines is 2. The van der Waals surface area contributed by atoms with E-state index in [-0.39, 0.29) is 11.6 Å². The maximum Gasteiger partial charge on any atom is 0.244 e. The van der Waals surface area contributed by atoms with E-state index in [4.69, 9.17) is 5.73 Å². The van der Waals surface area contributed by atoms with Crippen molar-refractivity contribution in [1.82, 2.24) is 0 Å². The highest BCUT2D eigenvalue weighted by Crippen LogP contribution is 2.24. The zero-order chi connectivity index (χ0) is 16.1. The number of benzene rings is 2. The van der Waals surface area contributed by atoms with Crippen LogP contribution in [0.1, 0.15) is 18.5 Å². The summed E-state index contributed by atoms with van der Waals surface area (Å²) >= 11 is 0. The number of primary amides is 1. The number of nitrogens with one attached hydrogen (secondary N) is 2. The number of hydrogen-bond donors (Lipinski definition) is 3. The highest BCUT2D eigenvalue weighted by molar-refractivity contribution is 5.90. The van der Waals surface area contributed by atoms with Gasteiger partial charge < -0.3 is 16.4 Å². The van der Waals surface area contributed by atoms with Gasteiger partial charge in [0.1, 0.15) is 11.9 Å². The molecule has 0 aliphatic carbocycles. The van der Waals surface area contributed by atoms with Gasteiger partial charge in [0.25, 0.3) is 0 Å². The molecule has 0 radical (unpaired) electrons. The lowest BCUT2D eigenvalue weighted by molar-refractivity contribution is -0.119. The first-order valence-electron chi connectivity index (χ1n) is 6.65. The summed E-state index contributed by atoms with van der Waals surface area (Å²) < 4.78 is 13.6. The van der Waals surface area contributed by atoms with Crippen LogP contribution in [-0.4, -0.2) is 11.8 Å². The Hall–Kier alpha value is -2.89. The molecule has 0 heterocycles. The van der Waals surface area contributed by atoms with Crippen LogP contribution < -0.4 is 16.4 Å². The molecule has 0 saturated carbocycles. The SMILES string of the molecule is CC(=O)Nc1cc(NC(C(N)=O)c2ccccc2)ccc1F. The standard InChI is InChI=1S/C16H16FN3O2/c1-10(21)19-14-9-12(7-8-13(14)17)20-15(16(18)22)11-5-3-2-4-6-11/h2-9,15,20H,1H3,(H2,18,22)(H,19,21). The van der Waals surface area contributed by atoms with Gasteiger partial charge in [-0.2, -0.15) is 0 Å². The van der Waals surface area contributed by atoms with E-state index in [0.29, 0.717) is 11.3 Å². The molecule has 1 unspecified atom stereocenters. The van der Waals surface area contributed by atoms with E-state index in [9.17, 15) is 14.0 Å². The van der Waals surface area contributed by atoms with Crippen LogP contribution in [0.4, 0.5) is 15.8 Å². The molecule has 2 amide bonds. The van der Waals surface area contributed by atoms with Gasteiger partial charge in [-0.15, -0.1) is 0 Å². The minimum atomic E-state index is -0.753. The van der Waals surface area contributed by atoms with Crippen LogP contribution in [0.2, 0.25) is 0 Å². The zero-order valence-electron chi connectivity index (χ0n) is 12.0. The lowest BCUT2D eigenvalue weighted by Crippen LogP contribution is -2.27. The number of rotatable bonds is 5. The molecule has 6 heteroatoms. The summed E-state index contributed by atoms with van der Waals surface area (Å²) in [6.45, 7) is 1.29. The lowest BCUT2D eigenvalue weighted by Gasteiger charge is -2.18. The molecule has 22 heavy (non-hydrogen) atoms. The van der Waals surface area contributed by atoms with Crippen molar-refractivity contribution in [3.05, 3.63) is 59.9 Å². The van der Waals surface area contributed by atoms with Crippen molar-refractivity contribution in [2.45, 2.75) is 13.0 Å². The van der Waals surface area contributed by atoms with E-state index < -0.39 is 17.8 Å². The third-order valence-electron chi connectivity index (χ3n) is 3.01. The highest BCUT2D eigenvalue weighted by atomic mass is 19.1. The predicted octanol–water partition coefficient (Wildman–Crippen LogP) is 2.42. The molecule has 0 bridgehead atoms. The number of halogens is 1. The van der Waals surface area contributed by atoms with E-state index in [0.717, 1.165) is 0 Å². The van der Waals surface area contributed by atoms with Gasteiger partial charge >= 0.3 is 0 Å². The summed E-state index contributed by atoms with van der Waals surface area (Å²) in [5.74, 6) is -1.50. The molecule has 0 fully saturated rings. The first-order chi connectivity index (χ1) is 10.5. The van der Waals surface area contributed by atoms with Crippen molar-refractivity contribution < 1.29 is 14.0 Å². The average Bonchev–Trinajstić information content (AvgIpc) is 2.48. The van der Waals surface area contributed by atoms with Gasteiger partial charge in [-0.25, -0.2) is 4.39 Å². The molecular formula is C16H16FN3O2. The number of nitrogens with two attached hydrogens (primary N) is 1. The van der Waals surface area contributed by atoms with E-state index in [1.165, 1.54) is 25.1 Å². The highest BCUT2D eigenvalue weighted by Gasteiger charge is 2.17. The predicted molar refractivity (Wildman–Crippen MR) is 82.7 cm³/mol. The summed E-state index contributed by atoms with van der Waals surface area (Å²) in [4.78, 5) is 22.7. The van der Waals surface area contributed by atoms with E-state index in [1.807, 2.05) is 6.07 Å². The largest absolute Gasteiger partial charge is 0.370 e. The molecule has 0 spiro atoms. The molecule has 2 aromatic rings. The van der Waals surface area contributed by atoms with Crippen LogP contribution in [0.25, 0.3) is 0 Å². The molecule has 2 rings (SSSR count). The third kappa shape index (κ3) is 3.82. The fraction of sp³-hybridized carbons (Fsp3) is 0.125. The molecule has 0 aliphatic heterocycles. The molecule has 2 aromatic carbocycles. The Labute approximate surface area is 127 Å². The van der Waals surface area contributed by atoms with E-state index >= 15 is 0 Å². The Balaban J connectivity index is 2.27. The Morgan fingerprint density at radius 2 is 1.82 bits per heavy atom. The van der Waals surface area contributed by atoms with Crippen molar-refractivity contribution in [3.63, 3.8) is 0 Å². The Bertz CT molecular complexity index is 689. The van der Waals surface area contributed by atoms with Crippen molar-refractivity contribution in [3.8, 4) is 0 Å². The van der Waals surface area contributed by atoms with Gasteiger partial charge in [-0.1, -0.05) is 30.3 Å². The van der Waals surface area contributed by atoms with Crippen LogP contribution in [-0.2, 0) is 9.59 Å². The van der Waals surface area contributed by atoms with Gasteiger partial charge in [0.05, 0.1) is 5.69 Å². The molecule has 0 aromatic heterocycles. The van der Waals surface area contributed by atoms with E-state index in [2.05, 4.69) is 10.6 Å². The minimum absolute atomic E-state index is 0.0359. The second-order valence-corrected chi connectivity index (χ2v) is 4.77. The van der Waals surface area contributed by atoms with E-state index in [1.54, 1.807) is 24.3 Å². The molecule has 0 aliphatic rings. The summed E-state index contributed by atoms with van der Waals surface area (Å²) in [5, 5.41) is 5.33. The Morgan fingerprint density at radius 3 is 2.41 bits per heavy atom. The second-order valence-electron chi connectivity index (χ2n) is 4.77. The number of hydrogen-bond acceptors (Lipinski definition) is 3. The van der Waals surface area contributed by atoms with Crippen LogP contribution in [0.15, 0.2) is 48.5 Å². The molecule has 114 valence electrons. The Morgan fingerprint density at radius 1 is 1.14 bits per heavy atom. The maximum atomic E-state index is 13.6. The normalized spacial score (nSPS) is 11.5. The summed E-state index contributed by atoms with van der Waals surface area (Å²) in [6, 6.07) is 12.3. The minimum Gasteiger partial charge on any atom is -0.370 e. The van der Waals surface area contributed by atoms with Gasteiger partial charge in [-0.3, -0.25) is 9.59 Å². The topological polar surface area (TPSA) is 84.2 Å².